The quantitative estimate of drug-likeness (QED) is 0.640. The highest BCUT2D eigenvalue weighted by molar-refractivity contribution is 7.92. The Bertz CT molecular complexity index is 995. The van der Waals surface area contributed by atoms with Crippen LogP contribution in [0.1, 0.15) is 85.6 Å². The van der Waals surface area contributed by atoms with E-state index in [2.05, 4.69) is 9.97 Å². The van der Waals surface area contributed by atoms with Crippen LogP contribution in [0.5, 0.6) is 0 Å². The molecule has 1 heterocycles. The van der Waals surface area contributed by atoms with E-state index in [1.807, 2.05) is 12.1 Å². The van der Waals surface area contributed by atoms with E-state index in [0.717, 1.165) is 43.5 Å². The number of ketones is 1. The Balaban J connectivity index is 1.43. The molecule has 6 heteroatoms. The first-order chi connectivity index (χ1) is 14.0. The molecule has 3 aliphatic rings. The number of aromatic nitrogens is 2. The summed E-state index contributed by atoms with van der Waals surface area (Å²) in [6.45, 7) is 0. The number of nitrogens with zero attached hydrogens (tertiary/aromatic N) is 1. The molecule has 1 N–H and O–H groups in total. The highest BCUT2D eigenvalue weighted by Gasteiger charge is 2.37. The number of sulfone groups is 1. The highest BCUT2D eigenvalue weighted by Crippen LogP contribution is 2.39. The van der Waals surface area contributed by atoms with Crippen molar-refractivity contribution in [1.82, 2.24) is 9.97 Å². The van der Waals surface area contributed by atoms with Crippen molar-refractivity contribution in [3.05, 3.63) is 47.5 Å². The van der Waals surface area contributed by atoms with Gasteiger partial charge in [-0.3, -0.25) is 4.79 Å². The number of rotatable bonds is 8. The van der Waals surface area contributed by atoms with Gasteiger partial charge in [-0.25, -0.2) is 13.4 Å². The smallest absolute Gasteiger partial charge is 0.183 e. The molecule has 5 rings (SSSR count). The summed E-state index contributed by atoms with van der Waals surface area (Å²) in [6.07, 6.45) is 11.2. The van der Waals surface area contributed by atoms with E-state index in [0.29, 0.717) is 16.5 Å². The molecule has 1 unspecified atom stereocenters. The van der Waals surface area contributed by atoms with Gasteiger partial charge in [-0.15, -0.1) is 0 Å². The molecule has 1 aromatic heterocycles. The number of carbonyl (C=O) groups is 1. The van der Waals surface area contributed by atoms with Crippen LogP contribution in [0.4, 0.5) is 0 Å². The summed E-state index contributed by atoms with van der Waals surface area (Å²) in [7, 11) is -3.17. The molecular weight excluding hydrogens is 384 g/mol. The first-order valence-electron chi connectivity index (χ1n) is 11.0. The van der Waals surface area contributed by atoms with Crippen LogP contribution in [0.2, 0.25) is 0 Å². The molecular formula is C23H28N2O3S. The molecule has 3 saturated carbocycles. The largest absolute Gasteiger partial charge is 0.339 e. The van der Waals surface area contributed by atoms with E-state index in [9.17, 15) is 13.2 Å². The molecule has 0 amide bonds. The standard InChI is InChI=1S/C23H28N2O3S/c26-22(17-5-6-17)21-14-24-23(25-21)20(13-15-3-1-2-4-15)16-7-9-18(10-8-16)29(27,28)19-11-12-19/h7-10,14-15,17,19-20H,1-6,11-13H2,(H,24,25). The zero-order valence-corrected chi connectivity index (χ0v) is 17.5. The van der Waals surface area contributed by atoms with Crippen molar-refractivity contribution in [2.75, 3.05) is 0 Å². The van der Waals surface area contributed by atoms with Gasteiger partial charge in [-0.2, -0.15) is 0 Å². The molecule has 2 aromatic rings. The number of benzene rings is 1. The molecule has 0 spiro atoms. The van der Waals surface area contributed by atoms with Gasteiger partial charge in [-0.05, 0) is 55.7 Å². The fourth-order valence-electron chi connectivity index (χ4n) is 4.65. The second-order valence-corrected chi connectivity index (χ2v) is 11.3. The van der Waals surface area contributed by atoms with Gasteiger partial charge >= 0.3 is 0 Å². The maximum absolute atomic E-state index is 12.5. The molecule has 0 bridgehead atoms. The molecule has 3 aliphatic carbocycles. The molecule has 0 aliphatic heterocycles. The zero-order chi connectivity index (χ0) is 20.0. The predicted octanol–water partition coefficient (Wildman–Crippen LogP) is 4.65. The number of H-pyrrole nitrogens is 1. The second-order valence-electron chi connectivity index (χ2n) is 9.07. The van der Waals surface area contributed by atoms with Crippen LogP contribution in [0, 0.1) is 11.8 Å². The summed E-state index contributed by atoms with van der Waals surface area (Å²) in [5.74, 6) is 1.90. The Hall–Kier alpha value is -1.95. The summed E-state index contributed by atoms with van der Waals surface area (Å²) >= 11 is 0. The summed E-state index contributed by atoms with van der Waals surface area (Å²) in [5.41, 5.74) is 1.69. The van der Waals surface area contributed by atoms with Crippen molar-refractivity contribution in [2.24, 2.45) is 11.8 Å². The van der Waals surface area contributed by atoms with E-state index < -0.39 is 9.84 Å². The summed E-state index contributed by atoms with van der Waals surface area (Å²) in [5, 5.41) is -0.191. The molecule has 29 heavy (non-hydrogen) atoms. The SMILES string of the molecule is O=C(c1cnc(C(CC2CCCC2)c2ccc(S(=O)(=O)C3CC3)cc2)[nH]1)C1CC1. The van der Waals surface area contributed by atoms with Gasteiger partial charge in [0.15, 0.2) is 15.6 Å². The number of aromatic amines is 1. The number of Topliss-reactive ketones (excluding diaryl/α,β-unsaturated/α-hetero) is 1. The predicted molar refractivity (Wildman–Crippen MR) is 111 cm³/mol. The van der Waals surface area contributed by atoms with Crippen molar-refractivity contribution in [1.29, 1.82) is 0 Å². The Labute approximate surface area is 172 Å². The average molecular weight is 413 g/mol. The third kappa shape index (κ3) is 3.91. The lowest BCUT2D eigenvalue weighted by atomic mass is 9.87. The second kappa shape index (κ2) is 7.38. The summed E-state index contributed by atoms with van der Waals surface area (Å²) < 4.78 is 25.0. The van der Waals surface area contributed by atoms with Crippen molar-refractivity contribution >= 4 is 15.6 Å². The minimum absolute atomic E-state index is 0.0662. The summed E-state index contributed by atoms with van der Waals surface area (Å²) in [6, 6.07) is 7.40. The van der Waals surface area contributed by atoms with E-state index in [1.165, 1.54) is 25.7 Å². The van der Waals surface area contributed by atoms with Crippen molar-refractivity contribution in [2.45, 2.75) is 73.9 Å². The zero-order valence-electron chi connectivity index (χ0n) is 16.6. The van der Waals surface area contributed by atoms with E-state index in [1.54, 1.807) is 18.3 Å². The van der Waals surface area contributed by atoms with Crippen LogP contribution in [0.3, 0.4) is 0 Å². The maximum Gasteiger partial charge on any atom is 0.183 e. The highest BCUT2D eigenvalue weighted by atomic mass is 32.2. The van der Waals surface area contributed by atoms with Gasteiger partial charge in [0, 0.05) is 11.8 Å². The molecule has 1 atom stereocenters. The number of nitrogens with one attached hydrogen (secondary N) is 1. The Morgan fingerprint density at radius 1 is 1.03 bits per heavy atom. The van der Waals surface area contributed by atoms with Gasteiger partial charge in [0.25, 0.3) is 0 Å². The lowest BCUT2D eigenvalue weighted by molar-refractivity contribution is 0.0963. The van der Waals surface area contributed by atoms with Gasteiger partial charge in [0.1, 0.15) is 11.5 Å². The normalized spacial score (nSPS) is 21.4. The number of imidazole rings is 1. The van der Waals surface area contributed by atoms with Crippen LogP contribution in [0.25, 0.3) is 0 Å². The maximum atomic E-state index is 12.5. The van der Waals surface area contributed by atoms with Crippen molar-refractivity contribution in [3.63, 3.8) is 0 Å². The van der Waals surface area contributed by atoms with Gasteiger partial charge in [-0.1, -0.05) is 37.8 Å². The van der Waals surface area contributed by atoms with Crippen LogP contribution < -0.4 is 0 Å². The van der Waals surface area contributed by atoms with Crippen LogP contribution >= 0.6 is 0 Å². The van der Waals surface area contributed by atoms with Crippen LogP contribution in [0.15, 0.2) is 35.4 Å². The van der Waals surface area contributed by atoms with Crippen molar-refractivity contribution < 1.29 is 13.2 Å². The first-order valence-corrected chi connectivity index (χ1v) is 12.5. The summed E-state index contributed by atoms with van der Waals surface area (Å²) in [4.78, 5) is 20.7. The monoisotopic (exact) mass is 412 g/mol. The van der Waals surface area contributed by atoms with Gasteiger partial charge in [0.05, 0.1) is 16.3 Å². The Kier molecular flexibility index (Phi) is 4.85. The fourth-order valence-corrected chi connectivity index (χ4v) is 6.31. The number of hydrogen-bond acceptors (Lipinski definition) is 4. The average Bonchev–Trinajstić information content (AvgIpc) is 3.65. The van der Waals surface area contributed by atoms with E-state index >= 15 is 0 Å². The third-order valence-electron chi connectivity index (χ3n) is 6.76. The Morgan fingerprint density at radius 3 is 2.34 bits per heavy atom. The third-order valence-corrected chi connectivity index (χ3v) is 9.04. The molecule has 0 radical (unpaired) electrons. The fraction of sp³-hybridized carbons (Fsp3) is 0.565. The lowest BCUT2D eigenvalue weighted by Gasteiger charge is -2.20. The van der Waals surface area contributed by atoms with Crippen LogP contribution in [-0.4, -0.2) is 29.4 Å². The minimum atomic E-state index is -3.17. The van der Waals surface area contributed by atoms with E-state index in [-0.39, 0.29) is 22.9 Å². The molecule has 5 nitrogen and oxygen atoms in total. The van der Waals surface area contributed by atoms with E-state index in [4.69, 9.17) is 0 Å². The molecule has 154 valence electrons. The number of carbonyl (C=O) groups excluding carboxylic acids is 1. The van der Waals surface area contributed by atoms with Gasteiger partial charge < -0.3 is 4.98 Å². The molecule has 3 fully saturated rings. The topological polar surface area (TPSA) is 79.9 Å². The van der Waals surface area contributed by atoms with Gasteiger partial charge in [0.2, 0.25) is 0 Å². The van der Waals surface area contributed by atoms with Crippen LogP contribution in [-0.2, 0) is 9.84 Å². The first kappa shape index (κ1) is 19.0. The van der Waals surface area contributed by atoms with Crippen molar-refractivity contribution in [3.8, 4) is 0 Å². The minimum Gasteiger partial charge on any atom is -0.339 e. The molecule has 1 aromatic carbocycles. The lowest BCUT2D eigenvalue weighted by Crippen LogP contribution is -2.11. The molecule has 0 saturated heterocycles. The number of hydrogen-bond donors (Lipinski definition) is 1. The Morgan fingerprint density at radius 2 is 1.72 bits per heavy atom.